The molecule has 1 atom stereocenters. The molecule has 0 saturated carbocycles. The molecule has 1 unspecified atom stereocenters. The van der Waals surface area contributed by atoms with E-state index in [0.29, 0.717) is 4.47 Å². The minimum atomic E-state index is -0.814. The molecule has 0 heterocycles. The Labute approximate surface area is 144 Å². The predicted molar refractivity (Wildman–Crippen MR) is 93.4 cm³/mol. The van der Waals surface area contributed by atoms with Crippen molar-refractivity contribution in [3.63, 3.8) is 0 Å². The number of hydrogen-bond acceptors (Lipinski definition) is 2. The number of amides is 1. The van der Waals surface area contributed by atoms with Crippen LogP contribution in [0.15, 0.2) is 46.9 Å². The molecule has 0 fully saturated rings. The first kappa shape index (κ1) is 17.5. The van der Waals surface area contributed by atoms with Gasteiger partial charge >= 0.3 is 0 Å². The van der Waals surface area contributed by atoms with Crippen molar-refractivity contribution in [3.05, 3.63) is 58.3 Å². The molecule has 0 radical (unpaired) electrons. The van der Waals surface area contributed by atoms with Gasteiger partial charge in [-0.15, -0.1) is 0 Å². The quantitative estimate of drug-likeness (QED) is 0.782. The van der Waals surface area contributed by atoms with Crippen LogP contribution in [0.5, 0.6) is 5.75 Å². The van der Waals surface area contributed by atoms with E-state index in [4.69, 9.17) is 4.74 Å². The van der Waals surface area contributed by atoms with Crippen LogP contribution in [0.1, 0.15) is 32.3 Å². The van der Waals surface area contributed by atoms with Crippen molar-refractivity contribution in [1.82, 2.24) is 0 Å². The lowest BCUT2D eigenvalue weighted by atomic mass is 10.0. The van der Waals surface area contributed by atoms with E-state index in [-0.39, 0.29) is 17.6 Å². The van der Waals surface area contributed by atoms with Gasteiger partial charge in [0.1, 0.15) is 0 Å². The molecule has 122 valence electrons. The van der Waals surface area contributed by atoms with Crippen LogP contribution in [0.4, 0.5) is 10.1 Å². The molecule has 1 N–H and O–H groups in total. The Hall–Kier alpha value is -1.88. The van der Waals surface area contributed by atoms with Crippen molar-refractivity contribution in [2.24, 2.45) is 0 Å². The van der Waals surface area contributed by atoms with Crippen molar-refractivity contribution < 1.29 is 13.9 Å². The maximum absolute atomic E-state index is 13.8. The average Bonchev–Trinajstić information content (AvgIpc) is 2.50. The van der Waals surface area contributed by atoms with E-state index in [1.54, 1.807) is 13.0 Å². The lowest BCUT2D eigenvalue weighted by Gasteiger charge is -2.18. The fourth-order valence-electron chi connectivity index (χ4n) is 2.16. The zero-order valence-electron chi connectivity index (χ0n) is 13.3. The van der Waals surface area contributed by atoms with Crippen molar-refractivity contribution in [1.29, 1.82) is 0 Å². The van der Waals surface area contributed by atoms with E-state index in [1.807, 2.05) is 24.3 Å². The van der Waals surface area contributed by atoms with E-state index in [2.05, 4.69) is 35.1 Å². The average molecular weight is 380 g/mol. The smallest absolute Gasteiger partial charge is 0.265 e. The standard InChI is InChI=1S/C18H19BrFNO2/c1-11(2)14-6-4-5-7-16(14)21-18(22)12(3)23-17-9-8-13(19)10-15(17)20/h4-12H,1-3H3,(H,21,22). The molecule has 23 heavy (non-hydrogen) atoms. The first-order chi connectivity index (χ1) is 10.9. The minimum absolute atomic E-state index is 0.0491. The Kier molecular flexibility index (Phi) is 5.77. The van der Waals surface area contributed by atoms with Crippen molar-refractivity contribution in [2.45, 2.75) is 32.8 Å². The Morgan fingerprint density at radius 1 is 1.17 bits per heavy atom. The van der Waals surface area contributed by atoms with E-state index >= 15 is 0 Å². The highest BCUT2D eigenvalue weighted by Gasteiger charge is 2.18. The zero-order chi connectivity index (χ0) is 17.0. The van der Waals surface area contributed by atoms with Gasteiger partial charge in [-0.05, 0) is 42.7 Å². The fraction of sp³-hybridized carbons (Fsp3) is 0.278. The highest BCUT2D eigenvalue weighted by atomic mass is 79.9. The number of carbonyl (C=O) groups is 1. The van der Waals surface area contributed by atoms with Gasteiger partial charge in [0, 0.05) is 10.2 Å². The Balaban J connectivity index is 2.09. The molecule has 2 aromatic carbocycles. The first-order valence-corrected chi connectivity index (χ1v) is 8.19. The van der Waals surface area contributed by atoms with Crippen LogP contribution in [0, 0.1) is 5.82 Å². The SMILES string of the molecule is CC(Oc1ccc(Br)cc1F)C(=O)Nc1ccccc1C(C)C. The van der Waals surface area contributed by atoms with Crippen LogP contribution in [0.3, 0.4) is 0 Å². The topological polar surface area (TPSA) is 38.3 Å². The predicted octanol–water partition coefficient (Wildman–Crippen LogP) is 5.12. The van der Waals surface area contributed by atoms with Crippen LogP contribution >= 0.6 is 15.9 Å². The van der Waals surface area contributed by atoms with Crippen LogP contribution in [-0.4, -0.2) is 12.0 Å². The molecule has 2 aromatic rings. The van der Waals surface area contributed by atoms with Gasteiger partial charge in [-0.2, -0.15) is 0 Å². The molecule has 0 aromatic heterocycles. The summed E-state index contributed by atoms with van der Waals surface area (Å²) >= 11 is 3.18. The molecule has 1 amide bonds. The minimum Gasteiger partial charge on any atom is -0.478 e. The molecule has 0 saturated heterocycles. The Morgan fingerprint density at radius 3 is 2.52 bits per heavy atom. The van der Waals surface area contributed by atoms with Gasteiger partial charge in [-0.1, -0.05) is 48.0 Å². The number of ether oxygens (including phenoxy) is 1. The summed E-state index contributed by atoms with van der Waals surface area (Å²) in [5.74, 6) is -0.498. The van der Waals surface area contributed by atoms with Crippen molar-refractivity contribution in [3.8, 4) is 5.75 Å². The highest BCUT2D eigenvalue weighted by Crippen LogP contribution is 2.25. The number of benzene rings is 2. The lowest BCUT2D eigenvalue weighted by molar-refractivity contribution is -0.122. The van der Waals surface area contributed by atoms with Gasteiger partial charge in [0.15, 0.2) is 17.7 Å². The van der Waals surface area contributed by atoms with Gasteiger partial charge in [0.25, 0.3) is 5.91 Å². The molecular formula is C18H19BrFNO2. The molecular weight excluding hydrogens is 361 g/mol. The van der Waals surface area contributed by atoms with Crippen LogP contribution in [0.2, 0.25) is 0 Å². The summed E-state index contributed by atoms with van der Waals surface area (Å²) in [6.07, 6.45) is -0.814. The second-order valence-corrected chi connectivity index (χ2v) is 6.48. The number of para-hydroxylation sites is 1. The van der Waals surface area contributed by atoms with Crippen molar-refractivity contribution >= 4 is 27.5 Å². The number of nitrogens with one attached hydrogen (secondary N) is 1. The van der Waals surface area contributed by atoms with E-state index in [0.717, 1.165) is 11.3 Å². The summed E-state index contributed by atoms with van der Waals surface area (Å²) in [5.41, 5.74) is 1.79. The van der Waals surface area contributed by atoms with Crippen LogP contribution < -0.4 is 10.1 Å². The van der Waals surface area contributed by atoms with Crippen LogP contribution in [0.25, 0.3) is 0 Å². The summed E-state index contributed by atoms with van der Waals surface area (Å²) in [5, 5.41) is 2.85. The number of rotatable bonds is 5. The summed E-state index contributed by atoms with van der Waals surface area (Å²) in [7, 11) is 0. The third-order valence-electron chi connectivity index (χ3n) is 3.41. The van der Waals surface area contributed by atoms with E-state index in [9.17, 15) is 9.18 Å². The summed E-state index contributed by atoms with van der Waals surface area (Å²) < 4.78 is 19.8. The van der Waals surface area contributed by atoms with Gasteiger partial charge in [0.05, 0.1) is 0 Å². The maximum Gasteiger partial charge on any atom is 0.265 e. The molecule has 2 rings (SSSR count). The fourth-order valence-corrected chi connectivity index (χ4v) is 2.50. The van der Waals surface area contributed by atoms with E-state index < -0.39 is 11.9 Å². The van der Waals surface area contributed by atoms with Crippen molar-refractivity contribution in [2.75, 3.05) is 5.32 Å². The monoisotopic (exact) mass is 379 g/mol. The summed E-state index contributed by atoms with van der Waals surface area (Å²) in [6.45, 7) is 5.71. The largest absolute Gasteiger partial charge is 0.478 e. The number of carbonyl (C=O) groups excluding carboxylic acids is 1. The third kappa shape index (κ3) is 4.55. The van der Waals surface area contributed by atoms with Gasteiger partial charge in [-0.25, -0.2) is 4.39 Å². The second-order valence-electron chi connectivity index (χ2n) is 5.57. The highest BCUT2D eigenvalue weighted by molar-refractivity contribution is 9.10. The molecule has 0 bridgehead atoms. The van der Waals surface area contributed by atoms with Gasteiger partial charge in [0.2, 0.25) is 0 Å². The first-order valence-electron chi connectivity index (χ1n) is 7.40. The molecule has 0 aliphatic rings. The summed E-state index contributed by atoms with van der Waals surface area (Å²) in [6, 6.07) is 12.1. The van der Waals surface area contributed by atoms with Gasteiger partial charge < -0.3 is 10.1 Å². The molecule has 0 aliphatic heterocycles. The molecule has 0 spiro atoms. The number of halogens is 2. The molecule has 0 aliphatic carbocycles. The third-order valence-corrected chi connectivity index (χ3v) is 3.90. The zero-order valence-corrected chi connectivity index (χ0v) is 14.9. The number of hydrogen-bond donors (Lipinski definition) is 1. The number of anilines is 1. The maximum atomic E-state index is 13.8. The molecule has 3 nitrogen and oxygen atoms in total. The molecule has 5 heteroatoms. The Morgan fingerprint density at radius 2 is 1.87 bits per heavy atom. The summed E-state index contributed by atoms with van der Waals surface area (Å²) in [4.78, 5) is 12.3. The Bertz CT molecular complexity index is 703. The van der Waals surface area contributed by atoms with Gasteiger partial charge in [-0.3, -0.25) is 4.79 Å². The second kappa shape index (κ2) is 7.59. The lowest BCUT2D eigenvalue weighted by Crippen LogP contribution is -2.30. The normalized spacial score (nSPS) is 12.1. The van der Waals surface area contributed by atoms with E-state index in [1.165, 1.54) is 12.1 Å². The van der Waals surface area contributed by atoms with Crippen LogP contribution in [-0.2, 0) is 4.79 Å².